The van der Waals surface area contributed by atoms with Crippen LogP contribution in [0.2, 0.25) is 0 Å². The van der Waals surface area contributed by atoms with E-state index in [0.29, 0.717) is 5.70 Å². The van der Waals surface area contributed by atoms with E-state index in [-0.39, 0.29) is 11.8 Å². The van der Waals surface area contributed by atoms with Gasteiger partial charge in [-0.15, -0.1) is 0 Å². The number of carbonyl (C=O) groups excluding carboxylic acids is 2. The molecule has 4 nitrogen and oxygen atoms in total. The lowest BCUT2D eigenvalue weighted by molar-refractivity contribution is -0.130. The molecule has 1 unspecified atom stereocenters. The molecule has 0 fully saturated rings. The van der Waals surface area contributed by atoms with Crippen LogP contribution in [0, 0.1) is 5.92 Å². The number of carbonyl (C=O) groups is 2. The lowest BCUT2D eigenvalue weighted by atomic mass is 10.0. The number of hydrogen-bond acceptors (Lipinski definition) is 3. The Morgan fingerprint density at radius 3 is 2.70 bits per heavy atom. The number of amides is 2. The number of hydrogen-bond donors (Lipinski definition) is 2. The maximum absolute atomic E-state index is 10.8. The Morgan fingerprint density at radius 2 is 2.20 bits per heavy atom. The molecule has 0 aliphatic carbocycles. The Balaban J connectivity index is 2.91. The molecule has 1 heterocycles. The van der Waals surface area contributed by atoms with Crippen molar-refractivity contribution in [2.45, 2.75) is 6.92 Å². The van der Waals surface area contributed by atoms with E-state index in [9.17, 15) is 9.59 Å². The predicted octanol–water partition coefficient (Wildman–Crippen LogP) is -0.878. The zero-order valence-electron chi connectivity index (χ0n) is 5.55. The molecule has 0 aromatic heterocycles. The first-order valence-electron chi connectivity index (χ1n) is 2.93. The molecule has 4 heteroatoms. The molecular weight excluding hydrogens is 132 g/mol. The summed E-state index contributed by atoms with van der Waals surface area (Å²) >= 11 is 0. The molecule has 1 aliphatic heterocycles. The molecule has 2 amide bonds. The Morgan fingerprint density at radius 1 is 1.60 bits per heavy atom. The van der Waals surface area contributed by atoms with Gasteiger partial charge in [-0.3, -0.25) is 14.9 Å². The minimum absolute atomic E-state index is 0.328. The van der Waals surface area contributed by atoms with Crippen LogP contribution in [0.5, 0.6) is 0 Å². The van der Waals surface area contributed by atoms with Crippen molar-refractivity contribution >= 4 is 11.8 Å². The molecule has 0 bridgehead atoms. The Labute approximate surface area is 58.1 Å². The molecule has 1 rings (SSSR count). The van der Waals surface area contributed by atoms with Gasteiger partial charge in [0.25, 0.3) is 5.91 Å². The van der Waals surface area contributed by atoms with Crippen molar-refractivity contribution < 1.29 is 9.59 Å². The average molecular weight is 140 g/mol. The summed E-state index contributed by atoms with van der Waals surface area (Å²) in [5.41, 5.74) is 5.67. The number of rotatable bonds is 0. The van der Waals surface area contributed by atoms with E-state index in [1.165, 1.54) is 6.08 Å². The molecule has 0 saturated carbocycles. The van der Waals surface area contributed by atoms with Crippen LogP contribution in [-0.4, -0.2) is 11.8 Å². The van der Waals surface area contributed by atoms with E-state index in [1.807, 2.05) is 0 Å². The van der Waals surface area contributed by atoms with Crippen LogP contribution in [0.1, 0.15) is 6.92 Å². The summed E-state index contributed by atoms with van der Waals surface area (Å²) in [6, 6.07) is 0. The highest BCUT2D eigenvalue weighted by Gasteiger charge is 2.22. The van der Waals surface area contributed by atoms with Gasteiger partial charge in [-0.05, 0) is 6.92 Å². The molecule has 1 atom stereocenters. The van der Waals surface area contributed by atoms with Gasteiger partial charge in [-0.2, -0.15) is 0 Å². The molecule has 0 saturated heterocycles. The Kier molecular flexibility index (Phi) is 1.45. The normalized spacial score (nSPS) is 25.7. The SMILES string of the molecule is CC1C(=O)NC(=O)C=C1N. The van der Waals surface area contributed by atoms with Crippen molar-refractivity contribution in [3.05, 3.63) is 11.8 Å². The van der Waals surface area contributed by atoms with Gasteiger partial charge in [0.1, 0.15) is 0 Å². The summed E-state index contributed by atoms with van der Waals surface area (Å²) < 4.78 is 0. The molecule has 10 heavy (non-hydrogen) atoms. The fraction of sp³-hybridized carbons (Fsp3) is 0.333. The molecular formula is C6H8N2O2. The second-order valence-electron chi connectivity index (χ2n) is 2.22. The van der Waals surface area contributed by atoms with Crippen LogP contribution < -0.4 is 11.1 Å². The van der Waals surface area contributed by atoms with E-state index in [4.69, 9.17) is 5.73 Å². The van der Waals surface area contributed by atoms with Crippen LogP contribution >= 0.6 is 0 Å². The second kappa shape index (κ2) is 2.13. The van der Waals surface area contributed by atoms with Crippen molar-refractivity contribution in [2.75, 3.05) is 0 Å². The van der Waals surface area contributed by atoms with Crippen LogP contribution in [-0.2, 0) is 9.59 Å². The van der Waals surface area contributed by atoms with Gasteiger partial charge in [0.2, 0.25) is 5.91 Å². The van der Waals surface area contributed by atoms with Gasteiger partial charge < -0.3 is 5.73 Å². The fourth-order valence-electron chi connectivity index (χ4n) is 0.694. The van der Waals surface area contributed by atoms with E-state index in [1.54, 1.807) is 6.92 Å². The van der Waals surface area contributed by atoms with Crippen molar-refractivity contribution in [2.24, 2.45) is 11.7 Å². The summed E-state index contributed by atoms with van der Waals surface area (Å²) in [5.74, 6) is -1.14. The predicted molar refractivity (Wildman–Crippen MR) is 34.6 cm³/mol. The van der Waals surface area contributed by atoms with Crippen LogP contribution in [0.15, 0.2) is 11.8 Å². The fourth-order valence-corrected chi connectivity index (χ4v) is 0.694. The maximum atomic E-state index is 10.8. The molecule has 1 aliphatic rings. The van der Waals surface area contributed by atoms with E-state index < -0.39 is 5.91 Å². The molecule has 0 aromatic carbocycles. The topological polar surface area (TPSA) is 72.2 Å². The van der Waals surface area contributed by atoms with Gasteiger partial charge in [0.05, 0.1) is 5.92 Å². The monoisotopic (exact) mass is 140 g/mol. The first kappa shape index (κ1) is 6.80. The zero-order valence-corrected chi connectivity index (χ0v) is 5.55. The van der Waals surface area contributed by atoms with Crippen LogP contribution in [0.4, 0.5) is 0 Å². The highest BCUT2D eigenvalue weighted by atomic mass is 16.2. The van der Waals surface area contributed by atoms with Crippen molar-refractivity contribution in [1.29, 1.82) is 0 Å². The van der Waals surface area contributed by atoms with Gasteiger partial charge in [0, 0.05) is 11.8 Å². The number of nitrogens with two attached hydrogens (primary N) is 1. The largest absolute Gasteiger partial charge is 0.401 e. The summed E-state index contributed by atoms with van der Waals surface area (Å²) in [6.07, 6.45) is 1.23. The van der Waals surface area contributed by atoms with Gasteiger partial charge in [-0.25, -0.2) is 0 Å². The Hall–Kier alpha value is -1.32. The second-order valence-corrected chi connectivity index (χ2v) is 2.22. The smallest absolute Gasteiger partial charge is 0.252 e. The minimum Gasteiger partial charge on any atom is -0.401 e. The maximum Gasteiger partial charge on any atom is 0.252 e. The van der Waals surface area contributed by atoms with Crippen molar-refractivity contribution in [3.8, 4) is 0 Å². The third-order valence-electron chi connectivity index (χ3n) is 1.44. The number of imide groups is 1. The molecule has 3 N–H and O–H groups in total. The summed E-state index contributed by atoms with van der Waals surface area (Å²) in [6.45, 7) is 1.65. The molecule has 0 aromatic rings. The summed E-state index contributed by atoms with van der Waals surface area (Å²) in [7, 11) is 0. The van der Waals surface area contributed by atoms with Gasteiger partial charge in [-0.1, -0.05) is 0 Å². The van der Waals surface area contributed by atoms with Crippen molar-refractivity contribution in [3.63, 3.8) is 0 Å². The van der Waals surface area contributed by atoms with E-state index >= 15 is 0 Å². The highest BCUT2D eigenvalue weighted by molar-refractivity contribution is 6.05. The lowest BCUT2D eigenvalue weighted by Crippen LogP contribution is -2.40. The van der Waals surface area contributed by atoms with E-state index in [0.717, 1.165) is 0 Å². The van der Waals surface area contributed by atoms with Crippen LogP contribution in [0.3, 0.4) is 0 Å². The standard InChI is InChI=1S/C6H8N2O2/c1-3-4(7)2-5(9)8-6(3)10/h2-3H,7H2,1H3,(H,8,9,10). The lowest BCUT2D eigenvalue weighted by Gasteiger charge is -2.15. The highest BCUT2D eigenvalue weighted by Crippen LogP contribution is 2.07. The molecule has 54 valence electrons. The van der Waals surface area contributed by atoms with Gasteiger partial charge in [0.15, 0.2) is 0 Å². The molecule has 0 radical (unpaired) electrons. The van der Waals surface area contributed by atoms with Crippen LogP contribution in [0.25, 0.3) is 0 Å². The average Bonchev–Trinajstić information content (AvgIpc) is 1.82. The first-order chi connectivity index (χ1) is 4.61. The summed E-state index contributed by atoms with van der Waals surface area (Å²) in [5, 5.41) is 2.13. The van der Waals surface area contributed by atoms with Crippen molar-refractivity contribution in [1.82, 2.24) is 5.32 Å². The summed E-state index contributed by atoms with van der Waals surface area (Å²) in [4.78, 5) is 21.3. The van der Waals surface area contributed by atoms with E-state index in [2.05, 4.69) is 5.32 Å². The van der Waals surface area contributed by atoms with Gasteiger partial charge >= 0.3 is 0 Å². The Bertz CT molecular complexity index is 220. The first-order valence-corrected chi connectivity index (χ1v) is 2.93. The quantitative estimate of drug-likeness (QED) is 0.429. The zero-order chi connectivity index (χ0) is 7.72. The minimum atomic E-state index is -0.430. The third-order valence-corrected chi connectivity index (χ3v) is 1.44. The third kappa shape index (κ3) is 1.00. The molecule has 0 spiro atoms. The number of nitrogens with one attached hydrogen (secondary N) is 1.